The van der Waals surface area contributed by atoms with Crippen LogP contribution in [0.3, 0.4) is 0 Å². The lowest BCUT2D eigenvalue weighted by Crippen LogP contribution is -2.67. The quantitative estimate of drug-likeness (QED) is 0.0980. The van der Waals surface area contributed by atoms with Gasteiger partial charge in [0.2, 0.25) is 5.91 Å². The number of benzene rings is 1. The monoisotopic (exact) mass is 785 g/mol. The number of thioether (sulfide) groups is 1. The molecule has 4 rings (SSSR count). The fourth-order valence-corrected chi connectivity index (χ4v) is 6.86. The molecule has 0 spiro atoms. The van der Waals surface area contributed by atoms with Crippen molar-refractivity contribution in [2.45, 2.75) is 122 Å². The lowest BCUT2D eigenvalue weighted by Gasteiger charge is -2.51. The second-order valence-corrected chi connectivity index (χ2v) is 14.2. The van der Waals surface area contributed by atoms with Crippen molar-refractivity contribution < 1.29 is 76.1 Å². The number of rotatable bonds is 18. The SMILES string of the molecule is CC(=O)OCC1O[C@@H](O[C@@H]2C[C@@](N)(OCCOCCCCCSC(C)=O)OC3COC(c4ccccc4)O[C@@H]32)C(OC(C)=O)[C@@H](OC(C)=O)[C@H]1OC(C)=O. The van der Waals surface area contributed by atoms with E-state index in [0.29, 0.717) is 6.61 Å². The fourth-order valence-electron chi connectivity index (χ4n) is 6.22. The summed E-state index contributed by atoms with van der Waals surface area (Å²) in [7, 11) is 0. The van der Waals surface area contributed by atoms with Gasteiger partial charge in [-0.1, -0.05) is 48.5 Å². The molecule has 3 fully saturated rings. The molecule has 4 unspecified atom stereocenters. The van der Waals surface area contributed by atoms with Gasteiger partial charge in [-0.15, -0.1) is 0 Å². The van der Waals surface area contributed by atoms with E-state index in [1.165, 1.54) is 18.7 Å². The Balaban J connectivity index is 1.55. The molecule has 1 aromatic rings. The highest BCUT2D eigenvalue weighted by atomic mass is 32.2. The zero-order valence-corrected chi connectivity index (χ0v) is 32.0. The summed E-state index contributed by atoms with van der Waals surface area (Å²) < 4.78 is 65.0. The van der Waals surface area contributed by atoms with Gasteiger partial charge in [-0.25, -0.2) is 0 Å². The lowest BCUT2D eigenvalue weighted by atomic mass is 9.96. The maximum atomic E-state index is 12.4. The number of carbonyl (C=O) groups is 5. The number of carbonyl (C=O) groups excluding carboxylic acids is 5. The molecule has 0 aromatic heterocycles. The molecule has 3 heterocycles. The van der Waals surface area contributed by atoms with E-state index in [9.17, 15) is 24.0 Å². The number of esters is 4. The molecule has 54 heavy (non-hydrogen) atoms. The molecule has 18 heteroatoms. The van der Waals surface area contributed by atoms with Crippen molar-refractivity contribution >= 4 is 40.8 Å². The largest absolute Gasteiger partial charge is 0.463 e. The number of ether oxygens (including phenoxy) is 11. The molecule has 3 aliphatic rings. The minimum Gasteiger partial charge on any atom is -0.463 e. The average molecular weight is 786 g/mol. The van der Waals surface area contributed by atoms with Crippen LogP contribution in [-0.4, -0.2) is 123 Å². The summed E-state index contributed by atoms with van der Waals surface area (Å²) in [5.74, 6) is -3.94. The number of fused-ring (bicyclic) bond motifs is 1. The Bertz CT molecular complexity index is 1400. The minimum absolute atomic E-state index is 0.0311. The highest BCUT2D eigenvalue weighted by Crippen LogP contribution is 2.40. The summed E-state index contributed by atoms with van der Waals surface area (Å²) in [6.07, 6.45) is -7.96. The Morgan fingerprint density at radius 1 is 0.815 bits per heavy atom. The molecule has 0 aliphatic carbocycles. The van der Waals surface area contributed by atoms with Crippen molar-refractivity contribution in [2.75, 3.05) is 38.8 Å². The number of hydrogen-bond donors (Lipinski definition) is 1. The number of hydrogen-bond acceptors (Lipinski definition) is 18. The zero-order valence-electron chi connectivity index (χ0n) is 31.2. The summed E-state index contributed by atoms with van der Waals surface area (Å²) in [5.41, 5.74) is 7.42. The third-order valence-electron chi connectivity index (χ3n) is 8.40. The topological polar surface area (TPSA) is 213 Å². The van der Waals surface area contributed by atoms with Gasteiger partial charge in [-0.3, -0.25) is 29.7 Å². The summed E-state index contributed by atoms with van der Waals surface area (Å²) in [4.78, 5) is 59.9. The van der Waals surface area contributed by atoms with Gasteiger partial charge in [-0.05, 0) is 12.8 Å². The van der Waals surface area contributed by atoms with Crippen molar-refractivity contribution in [3.8, 4) is 0 Å². The molecule has 17 nitrogen and oxygen atoms in total. The molecule has 0 saturated carbocycles. The van der Waals surface area contributed by atoms with E-state index in [1.54, 1.807) is 6.92 Å². The molecular formula is C36H51NO16S. The predicted molar refractivity (Wildman–Crippen MR) is 187 cm³/mol. The van der Waals surface area contributed by atoms with Gasteiger partial charge in [-0.2, -0.15) is 0 Å². The van der Waals surface area contributed by atoms with Crippen molar-refractivity contribution in [3.63, 3.8) is 0 Å². The highest BCUT2D eigenvalue weighted by Gasteiger charge is 2.56. The molecule has 0 radical (unpaired) electrons. The Morgan fingerprint density at radius 2 is 1.50 bits per heavy atom. The van der Waals surface area contributed by atoms with E-state index in [2.05, 4.69) is 0 Å². The third kappa shape index (κ3) is 13.5. The van der Waals surface area contributed by atoms with Crippen LogP contribution in [0.2, 0.25) is 0 Å². The van der Waals surface area contributed by atoms with Crippen molar-refractivity contribution in [1.82, 2.24) is 0 Å². The Labute approximate surface area is 318 Å². The first-order chi connectivity index (χ1) is 25.7. The van der Waals surface area contributed by atoms with E-state index in [-0.39, 0.29) is 31.4 Å². The highest BCUT2D eigenvalue weighted by molar-refractivity contribution is 8.13. The maximum absolute atomic E-state index is 12.4. The summed E-state index contributed by atoms with van der Waals surface area (Å²) in [6.45, 7) is 6.51. The van der Waals surface area contributed by atoms with Gasteiger partial charge < -0.3 is 52.1 Å². The fraction of sp³-hybridized carbons (Fsp3) is 0.694. The van der Waals surface area contributed by atoms with Crippen LogP contribution >= 0.6 is 11.8 Å². The molecule has 0 amide bonds. The lowest BCUT2D eigenvalue weighted by molar-refractivity contribution is -0.396. The van der Waals surface area contributed by atoms with Gasteiger partial charge in [0.05, 0.1) is 25.9 Å². The number of unbranched alkanes of at least 4 members (excludes halogenated alkanes) is 2. The molecule has 1 aromatic carbocycles. The smallest absolute Gasteiger partial charge is 0.303 e. The van der Waals surface area contributed by atoms with Crippen LogP contribution in [0.5, 0.6) is 0 Å². The first-order valence-electron chi connectivity index (χ1n) is 17.8. The van der Waals surface area contributed by atoms with Gasteiger partial charge >= 0.3 is 23.9 Å². The van der Waals surface area contributed by atoms with Gasteiger partial charge in [0.25, 0.3) is 0 Å². The molecular weight excluding hydrogens is 734 g/mol. The predicted octanol–water partition coefficient (Wildman–Crippen LogP) is 2.45. The summed E-state index contributed by atoms with van der Waals surface area (Å²) in [6, 6.07) is 9.21. The number of nitrogens with two attached hydrogens (primary N) is 1. The maximum Gasteiger partial charge on any atom is 0.303 e. The normalized spacial score (nSPS) is 30.7. The van der Waals surface area contributed by atoms with E-state index in [4.69, 9.17) is 57.8 Å². The molecule has 3 aliphatic heterocycles. The van der Waals surface area contributed by atoms with Crippen LogP contribution < -0.4 is 5.73 Å². The first kappa shape index (κ1) is 43.5. The summed E-state index contributed by atoms with van der Waals surface area (Å²) in [5, 5.41) is 0.100. The Morgan fingerprint density at radius 3 is 2.17 bits per heavy atom. The van der Waals surface area contributed by atoms with Crippen molar-refractivity contribution in [2.24, 2.45) is 5.73 Å². The van der Waals surface area contributed by atoms with Crippen LogP contribution in [0.4, 0.5) is 0 Å². The molecule has 2 N–H and O–H groups in total. The van der Waals surface area contributed by atoms with Crippen LogP contribution in [0.15, 0.2) is 30.3 Å². The molecule has 302 valence electrons. The standard InChI is InChI=1S/C36H51NO16S/c1-21(38)44-19-28-31(47-22(2)39)32(48-23(3)40)33(49-24(4)41)35(51-28)50-27-18-36(37,46-16-15-43-14-10-7-11-17-54-25(5)42)53-29-20-45-34(52-30(27)29)26-12-8-6-9-13-26/h6,8-9,12-13,27-35H,7,10-11,14-20,37H2,1-5H3/t27-,28?,29?,30-,31+,32+,33?,34?,35-,36-/m1/s1. The second-order valence-electron chi connectivity index (χ2n) is 13.0. The van der Waals surface area contributed by atoms with Crippen LogP contribution in [0.25, 0.3) is 0 Å². The zero-order chi connectivity index (χ0) is 39.3. The first-order valence-corrected chi connectivity index (χ1v) is 18.8. The van der Waals surface area contributed by atoms with E-state index >= 15 is 0 Å². The second kappa shape index (κ2) is 21.2. The van der Waals surface area contributed by atoms with Gasteiger partial charge in [0.15, 0.2) is 36.0 Å². The molecule has 10 atom stereocenters. The van der Waals surface area contributed by atoms with Crippen LogP contribution in [-0.2, 0) is 76.1 Å². The Hall–Kier alpha value is -3.20. The van der Waals surface area contributed by atoms with E-state index < -0.39 is 91.7 Å². The Kier molecular flexibility index (Phi) is 17.1. The van der Waals surface area contributed by atoms with Crippen molar-refractivity contribution in [1.29, 1.82) is 0 Å². The van der Waals surface area contributed by atoms with Crippen LogP contribution in [0.1, 0.15) is 72.2 Å². The van der Waals surface area contributed by atoms with Crippen molar-refractivity contribution in [3.05, 3.63) is 35.9 Å². The van der Waals surface area contributed by atoms with E-state index in [0.717, 1.165) is 51.3 Å². The third-order valence-corrected chi connectivity index (χ3v) is 9.30. The van der Waals surface area contributed by atoms with Crippen LogP contribution in [0, 0.1) is 0 Å². The summed E-state index contributed by atoms with van der Waals surface area (Å²) >= 11 is 1.31. The van der Waals surface area contributed by atoms with Gasteiger partial charge in [0, 0.05) is 59.0 Å². The molecule has 0 bridgehead atoms. The average Bonchev–Trinajstić information content (AvgIpc) is 3.10. The van der Waals surface area contributed by atoms with E-state index in [1.807, 2.05) is 30.3 Å². The van der Waals surface area contributed by atoms with Gasteiger partial charge in [0.1, 0.15) is 24.9 Å². The molecule has 3 saturated heterocycles. The minimum atomic E-state index is -1.73.